The SMILES string of the molecule is CN(C)N([C@H]1CS(=O)(=O)C[C@@H]1O)S(=O)(=O)c1ccc(F)cc1. The minimum absolute atomic E-state index is 0.181. The van der Waals surface area contributed by atoms with Crippen molar-refractivity contribution in [2.24, 2.45) is 0 Å². The lowest BCUT2D eigenvalue weighted by molar-refractivity contribution is 0.0272. The second-order valence-corrected chi connectivity index (χ2v) is 9.24. The third-order valence-corrected chi connectivity index (χ3v) is 6.99. The van der Waals surface area contributed by atoms with Crippen LogP contribution in [0.15, 0.2) is 29.2 Å². The van der Waals surface area contributed by atoms with E-state index in [0.717, 1.165) is 28.7 Å². The minimum atomic E-state index is -4.12. The van der Waals surface area contributed by atoms with Gasteiger partial charge in [0.25, 0.3) is 10.0 Å². The Morgan fingerprint density at radius 3 is 2.14 bits per heavy atom. The summed E-state index contributed by atoms with van der Waals surface area (Å²) in [7, 11) is -4.77. The summed E-state index contributed by atoms with van der Waals surface area (Å²) in [6.07, 6.45) is -1.32. The van der Waals surface area contributed by atoms with Gasteiger partial charge in [0.05, 0.1) is 28.5 Å². The minimum Gasteiger partial charge on any atom is -0.390 e. The van der Waals surface area contributed by atoms with Crippen molar-refractivity contribution in [3.05, 3.63) is 30.1 Å². The molecule has 1 aromatic carbocycles. The van der Waals surface area contributed by atoms with Crippen molar-refractivity contribution in [1.82, 2.24) is 9.42 Å². The van der Waals surface area contributed by atoms with Crippen molar-refractivity contribution in [2.45, 2.75) is 17.0 Å². The van der Waals surface area contributed by atoms with Gasteiger partial charge in [-0.2, -0.15) is 0 Å². The maximum absolute atomic E-state index is 13.0. The highest BCUT2D eigenvalue weighted by Gasteiger charge is 2.46. The third kappa shape index (κ3) is 3.30. The Hall–Kier alpha value is -1.07. The zero-order valence-electron chi connectivity index (χ0n) is 12.0. The van der Waals surface area contributed by atoms with Crippen molar-refractivity contribution >= 4 is 19.9 Å². The molecule has 0 radical (unpaired) electrons. The van der Waals surface area contributed by atoms with Crippen LogP contribution in [-0.2, 0) is 19.9 Å². The maximum Gasteiger partial charge on any atom is 0.256 e. The number of hydrogen-bond donors (Lipinski definition) is 1. The number of halogens is 1. The summed E-state index contributed by atoms with van der Waals surface area (Å²) in [6.45, 7) is 0. The topological polar surface area (TPSA) is 95.0 Å². The summed E-state index contributed by atoms with van der Waals surface area (Å²) in [6, 6.07) is 3.08. The van der Waals surface area contributed by atoms with Crippen LogP contribution in [0.3, 0.4) is 0 Å². The molecule has 1 aromatic rings. The van der Waals surface area contributed by atoms with Crippen molar-refractivity contribution < 1.29 is 26.3 Å². The van der Waals surface area contributed by atoms with E-state index in [1.165, 1.54) is 19.1 Å². The van der Waals surface area contributed by atoms with Crippen LogP contribution in [-0.4, -0.2) is 69.1 Å². The van der Waals surface area contributed by atoms with Crippen LogP contribution in [0.25, 0.3) is 0 Å². The molecule has 0 amide bonds. The predicted molar refractivity (Wildman–Crippen MR) is 77.6 cm³/mol. The van der Waals surface area contributed by atoms with E-state index < -0.39 is 49.3 Å². The van der Waals surface area contributed by atoms with Gasteiger partial charge in [-0.3, -0.25) is 0 Å². The van der Waals surface area contributed by atoms with E-state index in [4.69, 9.17) is 0 Å². The molecule has 1 saturated heterocycles. The molecule has 1 aliphatic rings. The number of sulfonamides is 1. The molecule has 1 aliphatic heterocycles. The molecule has 0 unspecified atom stereocenters. The number of benzene rings is 1. The molecule has 1 fully saturated rings. The molecule has 0 saturated carbocycles. The van der Waals surface area contributed by atoms with Crippen molar-refractivity contribution in [1.29, 1.82) is 0 Å². The van der Waals surface area contributed by atoms with Gasteiger partial charge in [-0.15, -0.1) is 4.41 Å². The Morgan fingerprint density at radius 2 is 1.73 bits per heavy atom. The summed E-state index contributed by atoms with van der Waals surface area (Å²) in [5, 5.41) is 11.1. The van der Waals surface area contributed by atoms with Crippen LogP contribution < -0.4 is 0 Å². The van der Waals surface area contributed by atoms with E-state index in [2.05, 4.69) is 0 Å². The molecule has 22 heavy (non-hydrogen) atoms. The highest BCUT2D eigenvalue weighted by atomic mass is 32.2. The lowest BCUT2D eigenvalue weighted by Crippen LogP contribution is -2.53. The van der Waals surface area contributed by atoms with Crippen LogP contribution in [0.4, 0.5) is 4.39 Å². The summed E-state index contributed by atoms with van der Waals surface area (Å²) < 4.78 is 62.4. The molecular formula is C12H17FN2O5S2. The highest BCUT2D eigenvalue weighted by molar-refractivity contribution is 7.92. The zero-order chi connectivity index (χ0) is 16.7. The average Bonchev–Trinajstić information content (AvgIpc) is 2.62. The third-order valence-electron chi connectivity index (χ3n) is 3.33. The first kappa shape index (κ1) is 17.3. The lowest BCUT2D eigenvalue weighted by Gasteiger charge is -2.33. The van der Waals surface area contributed by atoms with Crippen molar-refractivity contribution in [2.75, 3.05) is 25.6 Å². The molecule has 0 aromatic heterocycles. The van der Waals surface area contributed by atoms with E-state index in [0.29, 0.717) is 0 Å². The highest BCUT2D eigenvalue weighted by Crippen LogP contribution is 2.26. The number of rotatable bonds is 4. The Bertz CT molecular complexity index is 746. The molecule has 124 valence electrons. The molecule has 2 atom stereocenters. The average molecular weight is 352 g/mol. The van der Waals surface area contributed by atoms with E-state index in [9.17, 15) is 26.3 Å². The van der Waals surface area contributed by atoms with Crippen molar-refractivity contribution in [3.8, 4) is 0 Å². The molecule has 1 heterocycles. The second kappa shape index (κ2) is 5.85. The smallest absolute Gasteiger partial charge is 0.256 e. The van der Waals surface area contributed by atoms with E-state index in [1.54, 1.807) is 0 Å². The monoisotopic (exact) mass is 352 g/mol. The molecule has 0 spiro atoms. The van der Waals surface area contributed by atoms with Gasteiger partial charge in [0.15, 0.2) is 9.84 Å². The van der Waals surface area contributed by atoms with E-state index >= 15 is 0 Å². The quantitative estimate of drug-likeness (QED) is 0.731. The first-order valence-electron chi connectivity index (χ1n) is 6.40. The predicted octanol–water partition coefficient (Wildman–Crippen LogP) is -0.549. The Kier molecular flexibility index (Phi) is 4.60. The first-order chi connectivity index (χ1) is 10.0. The van der Waals surface area contributed by atoms with Gasteiger partial charge in [0.1, 0.15) is 5.82 Å². The molecule has 7 nitrogen and oxygen atoms in total. The fourth-order valence-corrected chi connectivity index (χ4v) is 5.98. The number of aliphatic hydroxyl groups excluding tert-OH is 1. The molecule has 1 N–H and O–H groups in total. The molecule has 0 aliphatic carbocycles. The fourth-order valence-electron chi connectivity index (χ4n) is 2.43. The fraction of sp³-hybridized carbons (Fsp3) is 0.500. The molecular weight excluding hydrogens is 335 g/mol. The van der Waals surface area contributed by atoms with Gasteiger partial charge >= 0.3 is 0 Å². The largest absolute Gasteiger partial charge is 0.390 e. The number of sulfone groups is 1. The van der Waals surface area contributed by atoms with Crippen LogP contribution in [0.2, 0.25) is 0 Å². The van der Waals surface area contributed by atoms with Crippen LogP contribution in [0.5, 0.6) is 0 Å². The number of hydrogen-bond acceptors (Lipinski definition) is 6. The van der Waals surface area contributed by atoms with Crippen LogP contribution >= 0.6 is 0 Å². The number of hydrazine groups is 1. The Labute approximate surface area is 128 Å². The first-order valence-corrected chi connectivity index (χ1v) is 9.66. The second-order valence-electron chi connectivity index (χ2n) is 5.29. The standard InChI is InChI=1S/C12H17FN2O5S2/c1-14(2)15(11-7-21(17,18)8-12(11)16)22(19,20)10-5-3-9(13)4-6-10/h3-6,11-12,16H,7-8H2,1-2H3/t11-,12-/m0/s1. The van der Waals surface area contributed by atoms with Gasteiger partial charge in [0.2, 0.25) is 0 Å². The number of nitrogens with zero attached hydrogens (tertiary/aromatic N) is 2. The maximum atomic E-state index is 13.0. The van der Waals surface area contributed by atoms with E-state index in [1.807, 2.05) is 0 Å². The Balaban J connectivity index is 2.46. The van der Waals surface area contributed by atoms with Gasteiger partial charge in [0, 0.05) is 14.1 Å². The van der Waals surface area contributed by atoms with Gasteiger partial charge in [-0.05, 0) is 24.3 Å². The van der Waals surface area contributed by atoms with Crippen LogP contribution in [0.1, 0.15) is 0 Å². The molecule has 10 heteroatoms. The van der Waals surface area contributed by atoms with Gasteiger partial charge in [-0.1, -0.05) is 0 Å². The number of aliphatic hydroxyl groups is 1. The summed E-state index contributed by atoms with van der Waals surface area (Å²) in [5.41, 5.74) is 0. The van der Waals surface area contributed by atoms with Crippen LogP contribution in [0, 0.1) is 5.82 Å². The zero-order valence-corrected chi connectivity index (χ0v) is 13.7. The van der Waals surface area contributed by atoms with E-state index in [-0.39, 0.29) is 4.90 Å². The molecule has 2 rings (SSSR count). The summed E-state index contributed by atoms with van der Waals surface area (Å²) in [5.74, 6) is -1.54. The molecule has 0 bridgehead atoms. The lowest BCUT2D eigenvalue weighted by atomic mass is 10.2. The van der Waals surface area contributed by atoms with Gasteiger partial charge < -0.3 is 5.11 Å². The summed E-state index contributed by atoms with van der Waals surface area (Å²) in [4.78, 5) is -0.181. The van der Waals surface area contributed by atoms with Gasteiger partial charge in [-0.25, -0.2) is 26.2 Å². The normalized spacial score (nSPS) is 25.0. The summed E-state index contributed by atoms with van der Waals surface area (Å²) >= 11 is 0. The van der Waals surface area contributed by atoms with Crippen molar-refractivity contribution in [3.63, 3.8) is 0 Å². The Morgan fingerprint density at radius 1 is 1.18 bits per heavy atom.